The highest BCUT2D eigenvalue weighted by Crippen LogP contribution is 2.34. The summed E-state index contributed by atoms with van der Waals surface area (Å²) in [4.78, 5) is 0. The fraction of sp³-hybridized carbons (Fsp3) is 0.200. The molecule has 0 saturated carbocycles. The Morgan fingerprint density at radius 1 is 1.21 bits per heavy atom. The van der Waals surface area contributed by atoms with E-state index in [9.17, 15) is 4.39 Å². The first-order valence-corrected chi connectivity index (χ1v) is 6.29. The molecular weight excluding hydrogens is 265 g/mol. The monoisotopic (exact) mass is 279 g/mol. The van der Waals surface area contributed by atoms with E-state index in [4.69, 9.17) is 22.1 Å². The van der Waals surface area contributed by atoms with Crippen LogP contribution in [0.2, 0.25) is 5.02 Å². The molecule has 1 unspecified atom stereocenters. The maximum atomic E-state index is 13.2. The molecule has 0 aliphatic heterocycles. The third-order valence-corrected chi connectivity index (χ3v) is 3.27. The number of benzene rings is 2. The van der Waals surface area contributed by atoms with Gasteiger partial charge in [0.15, 0.2) is 0 Å². The van der Waals surface area contributed by atoms with Crippen molar-refractivity contribution in [1.29, 1.82) is 0 Å². The molecule has 0 amide bonds. The quantitative estimate of drug-likeness (QED) is 0.915. The molecule has 2 aromatic rings. The minimum atomic E-state index is -0.437. The van der Waals surface area contributed by atoms with Gasteiger partial charge in [-0.3, -0.25) is 0 Å². The normalized spacial score (nSPS) is 12.3. The first-order valence-electron chi connectivity index (χ1n) is 5.92. The Hall–Kier alpha value is -1.58. The molecule has 2 aromatic carbocycles. The van der Waals surface area contributed by atoms with Gasteiger partial charge in [0.05, 0.1) is 12.1 Å². The fourth-order valence-corrected chi connectivity index (χ4v) is 2.08. The van der Waals surface area contributed by atoms with Gasteiger partial charge in [-0.05, 0) is 42.3 Å². The first kappa shape index (κ1) is 13.8. The van der Waals surface area contributed by atoms with Crippen molar-refractivity contribution in [2.75, 3.05) is 7.11 Å². The van der Waals surface area contributed by atoms with Crippen LogP contribution in [0.1, 0.15) is 18.5 Å². The molecule has 0 radical (unpaired) electrons. The molecule has 0 fully saturated rings. The highest BCUT2D eigenvalue weighted by molar-refractivity contribution is 6.31. The van der Waals surface area contributed by atoms with Gasteiger partial charge in [0.2, 0.25) is 0 Å². The molecule has 100 valence electrons. The van der Waals surface area contributed by atoms with Crippen molar-refractivity contribution in [3.8, 4) is 16.9 Å². The summed E-state index contributed by atoms with van der Waals surface area (Å²) in [7, 11) is 1.59. The van der Waals surface area contributed by atoms with E-state index in [0.717, 1.165) is 16.7 Å². The molecule has 0 heterocycles. The molecule has 0 bridgehead atoms. The van der Waals surface area contributed by atoms with Crippen LogP contribution in [0.5, 0.6) is 5.75 Å². The van der Waals surface area contributed by atoms with E-state index in [1.165, 1.54) is 6.07 Å². The fourth-order valence-electron chi connectivity index (χ4n) is 1.90. The Morgan fingerprint density at radius 2 is 1.95 bits per heavy atom. The SMILES string of the molecule is COc1ccc(C(C)N)cc1-c1ccc(F)c(Cl)c1. The molecule has 0 spiro atoms. The van der Waals surface area contributed by atoms with Gasteiger partial charge < -0.3 is 10.5 Å². The Morgan fingerprint density at radius 3 is 2.53 bits per heavy atom. The van der Waals surface area contributed by atoms with Crippen LogP contribution in [0.25, 0.3) is 11.1 Å². The number of rotatable bonds is 3. The second kappa shape index (κ2) is 5.59. The summed E-state index contributed by atoms with van der Waals surface area (Å²) in [6, 6.07) is 10.2. The molecule has 0 aliphatic rings. The molecule has 2 nitrogen and oxygen atoms in total. The molecule has 0 aromatic heterocycles. The van der Waals surface area contributed by atoms with E-state index in [0.29, 0.717) is 5.75 Å². The van der Waals surface area contributed by atoms with Crippen LogP contribution < -0.4 is 10.5 Å². The van der Waals surface area contributed by atoms with Gasteiger partial charge in [-0.15, -0.1) is 0 Å². The van der Waals surface area contributed by atoms with Crippen molar-refractivity contribution in [1.82, 2.24) is 0 Å². The molecular formula is C15H15ClFNO. The van der Waals surface area contributed by atoms with Crippen molar-refractivity contribution >= 4 is 11.6 Å². The van der Waals surface area contributed by atoms with Crippen molar-refractivity contribution in [2.45, 2.75) is 13.0 Å². The zero-order chi connectivity index (χ0) is 14.0. The zero-order valence-corrected chi connectivity index (χ0v) is 11.5. The Kier molecular flexibility index (Phi) is 4.08. The van der Waals surface area contributed by atoms with Gasteiger partial charge in [-0.25, -0.2) is 4.39 Å². The van der Waals surface area contributed by atoms with Crippen molar-refractivity contribution in [3.05, 3.63) is 52.8 Å². The van der Waals surface area contributed by atoms with E-state index in [-0.39, 0.29) is 11.1 Å². The summed E-state index contributed by atoms with van der Waals surface area (Å²) in [5.41, 5.74) is 8.51. The second-order valence-corrected chi connectivity index (χ2v) is 4.78. The number of hydrogen-bond donors (Lipinski definition) is 1. The number of methoxy groups -OCH3 is 1. The molecule has 0 aliphatic carbocycles. The van der Waals surface area contributed by atoms with E-state index < -0.39 is 5.82 Å². The summed E-state index contributed by atoms with van der Waals surface area (Å²) in [6.07, 6.45) is 0. The largest absolute Gasteiger partial charge is 0.496 e. The summed E-state index contributed by atoms with van der Waals surface area (Å²) < 4.78 is 18.5. The third kappa shape index (κ3) is 2.88. The van der Waals surface area contributed by atoms with Gasteiger partial charge in [-0.2, -0.15) is 0 Å². The predicted molar refractivity (Wildman–Crippen MR) is 76.0 cm³/mol. The summed E-state index contributed by atoms with van der Waals surface area (Å²) in [5, 5.41) is 0.0887. The lowest BCUT2D eigenvalue weighted by atomic mass is 9.99. The standard InChI is InChI=1S/C15H15ClFNO/c1-9(18)10-4-6-15(19-2)12(7-10)11-3-5-14(17)13(16)8-11/h3-9H,18H2,1-2H3. The van der Waals surface area contributed by atoms with Crippen LogP contribution >= 0.6 is 11.6 Å². The number of hydrogen-bond acceptors (Lipinski definition) is 2. The highest BCUT2D eigenvalue weighted by atomic mass is 35.5. The van der Waals surface area contributed by atoms with Crippen LogP contribution in [0, 0.1) is 5.82 Å². The number of halogens is 2. The lowest BCUT2D eigenvalue weighted by Crippen LogP contribution is -2.05. The molecule has 1 atom stereocenters. The second-order valence-electron chi connectivity index (χ2n) is 4.38. The van der Waals surface area contributed by atoms with Gasteiger partial charge in [-0.1, -0.05) is 23.7 Å². The minimum Gasteiger partial charge on any atom is -0.496 e. The van der Waals surface area contributed by atoms with Crippen molar-refractivity contribution in [2.24, 2.45) is 5.73 Å². The molecule has 0 saturated heterocycles. The maximum absolute atomic E-state index is 13.2. The van der Waals surface area contributed by atoms with Gasteiger partial charge in [0.1, 0.15) is 11.6 Å². The molecule has 2 rings (SSSR count). The average Bonchev–Trinajstić information content (AvgIpc) is 2.41. The summed E-state index contributed by atoms with van der Waals surface area (Å²) >= 11 is 5.82. The van der Waals surface area contributed by atoms with Gasteiger partial charge >= 0.3 is 0 Å². The molecule has 19 heavy (non-hydrogen) atoms. The third-order valence-electron chi connectivity index (χ3n) is 2.98. The highest BCUT2D eigenvalue weighted by Gasteiger charge is 2.11. The van der Waals surface area contributed by atoms with E-state index in [1.807, 2.05) is 25.1 Å². The Balaban J connectivity index is 2.58. The van der Waals surface area contributed by atoms with E-state index >= 15 is 0 Å². The lowest BCUT2D eigenvalue weighted by Gasteiger charge is -2.13. The van der Waals surface area contributed by atoms with Crippen molar-refractivity contribution in [3.63, 3.8) is 0 Å². The first-order chi connectivity index (χ1) is 9.02. The maximum Gasteiger partial charge on any atom is 0.141 e. The number of ether oxygens (including phenoxy) is 1. The summed E-state index contributed by atoms with van der Waals surface area (Å²) in [6.45, 7) is 1.91. The zero-order valence-electron chi connectivity index (χ0n) is 10.8. The minimum absolute atomic E-state index is 0.0828. The predicted octanol–water partition coefficient (Wildman–Crippen LogP) is 4.17. The smallest absolute Gasteiger partial charge is 0.141 e. The molecule has 2 N–H and O–H groups in total. The van der Waals surface area contributed by atoms with Crippen molar-refractivity contribution < 1.29 is 9.13 Å². The topological polar surface area (TPSA) is 35.2 Å². The average molecular weight is 280 g/mol. The number of nitrogens with two attached hydrogens (primary N) is 1. The van der Waals surface area contributed by atoms with Gasteiger partial charge in [0, 0.05) is 11.6 Å². The van der Waals surface area contributed by atoms with Crippen LogP contribution in [0.4, 0.5) is 4.39 Å². The lowest BCUT2D eigenvalue weighted by molar-refractivity contribution is 0.416. The molecule has 4 heteroatoms. The van der Waals surface area contributed by atoms with Gasteiger partial charge in [0.25, 0.3) is 0 Å². The van der Waals surface area contributed by atoms with E-state index in [1.54, 1.807) is 19.2 Å². The Labute approximate surface area is 117 Å². The van der Waals surface area contributed by atoms with Crippen LogP contribution in [0.15, 0.2) is 36.4 Å². The summed E-state index contributed by atoms with van der Waals surface area (Å²) in [5.74, 6) is 0.264. The van der Waals surface area contributed by atoms with E-state index in [2.05, 4.69) is 0 Å². The van der Waals surface area contributed by atoms with Crippen LogP contribution in [-0.2, 0) is 0 Å². The van der Waals surface area contributed by atoms with Crippen LogP contribution in [0.3, 0.4) is 0 Å². The Bertz CT molecular complexity index is 599. The van der Waals surface area contributed by atoms with Crippen LogP contribution in [-0.4, -0.2) is 7.11 Å².